The van der Waals surface area contributed by atoms with Crippen molar-refractivity contribution >= 4 is 11.8 Å². The van der Waals surface area contributed by atoms with Gasteiger partial charge < -0.3 is 20.7 Å². The number of ether oxygens (including phenoxy) is 1. The average Bonchev–Trinajstić information content (AvgIpc) is 3.03. The zero-order valence-corrected chi connectivity index (χ0v) is 13.0. The van der Waals surface area contributed by atoms with E-state index in [2.05, 4.69) is 5.32 Å². The van der Waals surface area contributed by atoms with Crippen LogP contribution in [0.4, 0.5) is 0 Å². The molecule has 2 heterocycles. The van der Waals surface area contributed by atoms with Crippen LogP contribution in [-0.4, -0.2) is 54.1 Å². The van der Waals surface area contributed by atoms with Gasteiger partial charge in [0.1, 0.15) is 5.54 Å². The van der Waals surface area contributed by atoms with Crippen molar-refractivity contribution in [2.45, 2.75) is 51.3 Å². The second kappa shape index (κ2) is 4.68. The Hall–Kier alpha value is -1.14. The number of carbonyl (C=O) groups excluding carboxylic acids is 2. The maximum absolute atomic E-state index is 13.0. The first-order valence-electron chi connectivity index (χ1n) is 7.75. The summed E-state index contributed by atoms with van der Waals surface area (Å²) in [5.74, 6) is 0.0944. The van der Waals surface area contributed by atoms with Crippen LogP contribution in [0.15, 0.2) is 0 Å². The van der Waals surface area contributed by atoms with E-state index in [1.165, 1.54) is 6.92 Å². The van der Waals surface area contributed by atoms with Crippen LogP contribution in [0.5, 0.6) is 0 Å². The Morgan fingerprint density at radius 1 is 1.33 bits per heavy atom. The van der Waals surface area contributed by atoms with Crippen LogP contribution in [0.25, 0.3) is 0 Å². The highest BCUT2D eigenvalue weighted by molar-refractivity contribution is 5.90. The fourth-order valence-electron chi connectivity index (χ4n) is 4.43. The molecule has 2 saturated heterocycles. The molecule has 0 spiro atoms. The topological polar surface area (TPSA) is 84.7 Å². The van der Waals surface area contributed by atoms with Gasteiger partial charge in [0.05, 0.1) is 6.10 Å². The molecule has 1 saturated carbocycles. The van der Waals surface area contributed by atoms with E-state index in [0.717, 1.165) is 12.8 Å². The summed E-state index contributed by atoms with van der Waals surface area (Å²) in [6.45, 7) is 7.48. The lowest BCUT2D eigenvalue weighted by Gasteiger charge is -2.61. The van der Waals surface area contributed by atoms with Gasteiger partial charge in [0.25, 0.3) is 0 Å². The molecular weight excluding hydrogens is 270 g/mol. The molecule has 2 amide bonds. The fourth-order valence-corrected chi connectivity index (χ4v) is 4.43. The van der Waals surface area contributed by atoms with Crippen molar-refractivity contribution < 1.29 is 14.3 Å². The molecule has 0 aromatic rings. The fraction of sp³-hybridized carbons (Fsp3) is 0.867. The lowest BCUT2D eigenvalue weighted by molar-refractivity contribution is -0.183. The van der Waals surface area contributed by atoms with E-state index in [4.69, 9.17) is 10.5 Å². The number of amides is 2. The summed E-state index contributed by atoms with van der Waals surface area (Å²) >= 11 is 0. The van der Waals surface area contributed by atoms with Crippen molar-refractivity contribution in [2.24, 2.45) is 17.1 Å². The maximum atomic E-state index is 13.0. The molecule has 6 heteroatoms. The van der Waals surface area contributed by atoms with E-state index in [0.29, 0.717) is 19.7 Å². The van der Waals surface area contributed by atoms with Crippen LogP contribution in [0, 0.1) is 11.3 Å². The van der Waals surface area contributed by atoms with E-state index in [9.17, 15) is 9.59 Å². The number of nitrogens with two attached hydrogens (primary N) is 1. The van der Waals surface area contributed by atoms with E-state index >= 15 is 0 Å². The summed E-state index contributed by atoms with van der Waals surface area (Å²) in [6, 6.07) is 0.0499. The number of carbonyl (C=O) groups is 2. The molecule has 2 aliphatic heterocycles. The van der Waals surface area contributed by atoms with Gasteiger partial charge in [-0.2, -0.15) is 0 Å². The molecule has 1 aliphatic carbocycles. The summed E-state index contributed by atoms with van der Waals surface area (Å²) < 4.78 is 5.74. The lowest BCUT2D eigenvalue weighted by atomic mass is 9.47. The van der Waals surface area contributed by atoms with Crippen molar-refractivity contribution in [3.63, 3.8) is 0 Å². The van der Waals surface area contributed by atoms with Crippen LogP contribution in [0.1, 0.15) is 33.6 Å². The highest BCUT2D eigenvalue weighted by Gasteiger charge is 2.72. The van der Waals surface area contributed by atoms with Crippen molar-refractivity contribution in [2.75, 3.05) is 19.7 Å². The van der Waals surface area contributed by atoms with Gasteiger partial charge in [0.2, 0.25) is 11.8 Å². The number of hydrogen-bond donors (Lipinski definition) is 2. The molecule has 3 rings (SSSR count). The summed E-state index contributed by atoms with van der Waals surface area (Å²) in [6.07, 6.45) is 1.76. The van der Waals surface area contributed by atoms with E-state index in [1.54, 1.807) is 0 Å². The van der Waals surface area contributed by atoms with Crippen molar-refractivity contribution in [1.29, 1.82) is 0 Å². The molecule has 118 valence electrons. The smallest absolute Gasteiger partial charge is 0.243 e. The minimum absolute atomic E-state index is 0.0205. The number of fused-ring (bicyclic) bond motifs is 1. The van der Waals surface area contributed by atoms with E-state index in [-0.39, 0.29) is 35.3 Å². The quantitative estimate of drug-likeness (QED) is 0.743. The highest BCUT2D eigenvalue weighted by Crippen LogP contribution is 2.58. The third-order valence-corrected chi connectivity index (χ3v) is 5.69. The zero-order valence-electron chi connectivity index (χ0n) is 13.0. The van der Waals surface area contributed by atoms with Gasteiger partial charge in [0, 0.05) is 44.0 Å². The number of hydrogen-bond acceptors (Lipinski definition) is 4. The van der Waals surface area contributed by atoms with Gasteiger partial charge in [-0.05, 0) is 12.8 Å². The van der Waals surface area contributed by atoms with Gasteiger partial charge in [-0.1, -0.05) is 13.8 Å². The van der Waals surface area contributed by atoms with Crippen molar-refractivity contribution in [3.8, 4) is 0 Å². The molecule has 3 N–H and O–H groups in total. The van der Waals surface area contributed by atoms with Gasteiger partial charge in [-0.15, -0.1) is 0 Å². The molecule has 0 aromatic heterocycles. The summed E-state index contributed by atoms with van der Waals surface area (Å²) in [7, 11) is 0. The molecule has 6 nitrogen and oxygen atoms in total. The Labute approximate surface area is 125 Å². The number of rotatable bonds is 2. The first-order chi connectivity index (χ1) is 9.78. The van der Waals surface area contributed by atoms with Crippen LogP contribution < -0.4 is 11.1 Å². The summed E-state index contributed by atoms with van der Waals surface area (Å²) in [4.78, 5) is 25.9. The Kier molecular flexibility index (Phi) is 3.29. The number of likely N-dealkylation sites (tertiary alicyclic amines) is 1. The monoisotopic (exact) mass is 295 g/mol. The molecule has 0 aromatic carbocycles. The van der Waals surface area contributed by atoms with Crippen molar-refractivity contribution in [1.82, 2.24) is 10.2 Å². The molecule has 4 atom stereocenters. The predicted octanol–water partition coefficient (Wildman–Crippen LogP) is -0.134. The molecule has 0 radical (unpaired) electrons. The minimum atomic E-state index is -0.834. The first-order valence-corrected chi connectivity index (χ1v) is 7.75. The Morgan fingerprint density at radius 3 is 2.71 bits per heavy atom. The molecule has 21 heavy (non-hydrogen) atoms. The van der Waals surface area contributed by atoms with Gasteiger partial charge in [-0.25, -0.2) is 0 Å². The highest BCUT2D eigenvalue weighted by atomic mass is 16.5. The molecule has 4 unspecified atom stereocenters. The molecule has 0 bridgehead atoms. The minimum Gasteiger partial charge on any atom is -0.377 e. The molecule has 3 aliphatic rings. The van der Waals surface area contributed by atoms with Gasteiger partial charge >= 0.3 is 0 Å². The second-order valence-electron chi connectivity index (χ2n) is 7.21. The summed E-state index contributed by atoms with van der Waals surface area (Å²) in [5, 5.41) is 2.88. The molecular formula is C15H25N3O3. The standard InChI is InChI=1S/C15H25N3O3/c1-9(19)17-10-4-6-18(8-10)13(20)15(16)11-5-7-21-12(11)14(15,2)3/h10-12H,4-8,16H2,1-3H3,(H,17,19). The first kappa shape index (κ1) is 14.8. The average molecular weight is 295 g/mol. The normalized spacial score (nSPS) is 40.6. The van der Waals surface area contributed by atoms with Crippen LogP contribution >= 0.6 is 0 Å². The lowest BCUT2D eigenvalue weighted by Crippen LogP contribution is -2.80. The van der Waals surface area contributed by atoms with E-state index in [1.807, 2.05) is 18.7 Å². The van der Waals surface area contributed by atoms with E-state index < -0.39 is 5.54 Å². The second-order valence-corrected chi connectivity index (χ2v) is 7.21. The molecule has 3 fully saturated rings. The Morgan fingerprint density at radius 2 is 2.05 bits per heavy atom. The summed E-state index contributed by atoms with van der Waals surface area (Å²) in [5.41, 5.74) is 5.41. The Bertz CT molecular complexity index is 479. The predicted molar refractivity (Wildman–Crippen MR) is 77.3 cm³/mol. The maximum Gasteiger partial charge on any atom is 0.243 e. The van der Waals surface area contributed by atoms with Gasteiger partial charge in [-0.3, -0.25) is 9.59 Å². The van der Waals surface area contributed by atoms with Gasteiger partial charge in [0.15, 0.2) is 0 Å². The number of nitrogens with zero attached hydrogens (tertiary/aromatic N) is 1. The number of nitrogens with one attached hydrogen (secondary N) is 1. The Balaban J connectivity index is 1.72. The largest absolute Gasteiger partial charge is 0.377 e. The van der Waals surface area contributed by atoms with Crippen LogP contribution in [-0.2, 0) is 14.3 Å². The third kappa shape index (κ3) is 1.92. The zero-order chi connectivity index (χ0) is 15.4. The van der Waals surface area contributed by atoms with Crippen LogP contribution in [0.3, 0.4) is 0 Å². The van der Waals surface area contributed by atoms with Crippen LogP contribution in [0.2, 0.25) is 0 Å². The SMILES string of the molecule is CC(=O)NC1CCN(C(=O)C2(N)C3CCOC3C2(C)C)C1. The third-order valence-electron chi connectivity index (χ3n) is 5.69. The van der Waals surface area contributed by atoms with Crippen molar-refractivity contribution in [3.05, 3.63) is 0 Å².